The Morgan fingerprint density at radius 1 is 1.45 bits per heavy atom. The van der Waals surface area contributed by atoms with E-state index >= 15 is 0 Å². The molecule has 22 heavy (non-hydrogen) atoms. The third kappa shape index (κ3) is 2.99. The van der Waals surface area contributed by atoms with E-state index in [1.54, 1.807) is 7.11 Å². The molecule has 3 rings (SSSR count). The second kappa shape index (κ2) is 6.32. The van der Waals surface area contributed by atoms with Crippen LogP contribution >= 0.6 is 11.3 Å². The molecule has 1 aliphatic heterocycles. The van der Waals surface area contributed by atoms with Crippen LogP contribution in [-0.4, -0.2) is 37.7 Å². The Labute approximate surface area is 134 Å². The average molecular weight is 319 g/mol. The van der Waals surface area contributed by atoms with Crippen molar-refractivity contribution in [2.75, 3.05) is 32.1 Å². The first kappa shape index (κ1) is 15.4. The summed E-state index contributed by atoms with van der Waals surface area (Å²) >= 11 is 1.52. The number of anilines is 1. The molecule has 1 aromatic heterocycles. The molecule has 5 nitrogen and oxygen atoms in total. The Morgan fingerprint density at radius 2 is 2.23 bits per heavy atom. The van der Waals surface area contributed by atoms with E-state index in [2.05, 4.69) is 28.6 Å². The number of carbonyl (C=O) groups excluding carboxylic acids is 1. The number of aryl methyl sites for hydroxylation is 1. The number of nitrogens with zero attached hydrogens (tertiary/aromatic N) is 1. The van der Waals surface area contributed by atoms with Gasteiger partial charge in [-0.25, -0.2) is 4.98 Å². The van der Waals surface area contributed by atoms with Crippen molar-refractivity contribution in [3.8, 4) is 0 Å². The molecular formula is C16H21N3O2S. The molecular weight excluding hydrogens is 298 g/mol. The summed E-state index contributed by atoms with van der Waals surface area (Å²) in [7, 11) is 1.65. The number of methoxy groups -OCH3 is 1. The molecule has 0 unspecified atom stereocenters. The summed E-state index contributed by atoms with van der Waals surface area (Å²) in [5.74, 6) is 0.0200. The van der Waals surface area contributed by atoms with Crippen molar-refractivity contribution < 1.29 is 9.53 Å². The molecule has 2 aromatic rings. The summed E-state index contributed by atoms with van der Waals surface area (Å²) in [5, 5.41) is 6.97. The van der Waals surface area contributed by atoms with Gasteiger partial charge in [-0.1, -0.05) is 17.4 Å². The van der Waals surface area contributed by atoms with Crippen LogP contribution < -0.4 is 10.6 Å². The third-order valence-corrected chi connectivity index (χ3v) is 5.16. The van der Waals surface area contributed by atoms with E-state index in [4.69, 9.17) is 4.74 Å². The van der Waals surface area contributed by atoms with Crippen molar-refractivity contribution in [3.63, 3.8) is 0 Å². The lowest BCUT2D eigenvalue weighted by Gasteiger charge is -2.35. The number of hydrogen-bond acceptors (Lipinski definition) is 5. The van der Waals surface area contributed by atoms with Crippen LogP contribution in [0.1, 0.15) is 18.4 Å². The topological polar surface area (TPSA) is 63.2 Å². The van der Waals surface area contributed by atoms with Gasteiger partial charge >= 0.3 is 0 Å². The highest BCUT2D eigenvalue weighted by Gasteiger charge is 2.40. The summed E-state index contributed by atoms with van der Waals surface area (Å²) in [4.78, 5) is 17.3. The van der Waals surface area contributed by atoms with Crippen molar-refractivity contribution in [2.24, 2.45) is 5.41 Å². The van der Waals surface area contributed by atoms with E-state index < -0.39 is 5.41 Å². The fourth-order valence-electron chi connectivity index (χ4n) is 2.93. The molecule has 0 radical (unpaired) electrons. The Kier molecular flexibility index (Phi) is 4.42. The molecule has 1 fully saturated rings. The number of piperidine rings is 1. The van der Waals surface area contributed by atoms with E-state index in [1.165, 1.54) is 16.9 Å². The standard InChI is InChI=1S/C16H21N3O2S/c1-11-3-4-12-13(9-11)22-15(18-12)19-14(20)16(10-21-2)5-7-17-8-6-16/h3-4,9,17H,5-8,10H2,1-2H3,(H,18,19,20). The quantitative estimate of drug-likeness (QED) is 0.909. The zero-order chi connectivity index (χ0) is 15.6. The second-order valence-electron chi connectivity index (χ2n) is 5.91. The van der Waals surface area contributed by atoms with Gasteiger partial charge in [-0.2, -0.15) is 0 Å². The molecule has 0 saturated carbocycles. The monoisotopic (exact) mass is 319 g/mol. The number of aromatic nitrogens is 1. The number of thiazole rings is 1. The number of amides is 1. The van der Waals surface area contributed by atoms with E-state index in [0.717, 1.165) is 36.1 Å². The Hall–Kier alpha value is -1.50. The molecule has 0 bridgehead atoms. The van der Waals surface area contributed by atoms with Crippen LogP contribution in [0.2, 0.25) is 0 Å². The van der Waals surface area contributed by atoms with Crippen LogP contribution in [0.4, 0.5) is 5.13 Å². The van der Waals surface area contributed by atoms with Crippen LogP contribution in [0.3, 0.4) is 0 Å². The Morgan fingerprint density at radius 3 is 2.95 bits per heavy atom. The minimum absolute atomic E-state index is 0.0200. The molecule has 1 aliphatic rings. The van der Waals surface area contributed by atoms with E-state index in [9.17, 15) is 4.79 Å². The Bertz CT molecular complexity index is 672. The van der Waals surface area contributed by atoms with Crippen molar-refractivity contribution in [1.29, 1.82) is 0 Å². The largest absolute Gasteiger partial charge is 0.384 e. The van der Waals surface area contributed by atoms with E-state index in [0.29, 0.717) is 11.7 Å². The lowest BCUT2D eigenvalue weighted by Crippen LogP contribution is -2.47. The first-order chi connectivity index (χ1) is 10.6. The van der Waals surface area contributed by atoms with E-state index in [1.807, 2.05) is 12.1 Å². The van der Waals surface area contributed by atoms with Crippen LogP contribution in [0.15, 0.2) is 18.2 Å². The van der Waals surface area contributed by atoms with Crippen LogP contribution in [0.5, 0.6) is 0 Å². The summed E-state index contributed by atoms with van der Waals surface area (Å²) < 4.78 is 6.41. The minimum atomic E-state index is -0.451. The van der Waals surface area contributed by atoms with E-state index in [-0.39, 0.29) is 5.91 Å². The maximum atomic E-state index is 12.8. The normalized spacial score (nSPS) is 17.5. The van der Waals surface area contributed by atoms with Gasteiger partial charge in [0.1, 0.15) is 0 Å². The number of hydrogen-bond donors (Lipinski definition) is 2. The highest BCUT2D eigenvalue weighted by Crippen LogP contribution is 2.33. The van der Waals surface area contributed by atoms with Crippen LogP contribution in [-0.2, 0) is 9.53 Å². The van der Waals surface area contributed by atoms with Gasteiger partial charge in [0.2, 0.25) is 5.91 Å². The van der Waals surface area contributed by atoms with Gasteiger partial charge in [0.05, 0.1) is 22.2 Å². The lowest BCUT2D eigenvalue weighted by atomic mass is 9.79. The number of nitrogens with one attached hydrogen (secondary N) is 2. The first-order valence-corrected chi connectivity index (χ1v) is 8.33. The maximum absolute atomic E-state index is 12.8. The summed E-state index contributed by atoms with van der Waals surface area (Å²) in [6.07, 6.45) is 1.58. The molecule has 0 aliphatic carbocycles. The van der Waals surface area contributed by atoms with Gasteiger partial charge in [-0.05, 0) is 50.6 Å². The molecule has 118 valence electrons. The number of benzene rings is 1. The fourth-order valence-corrected chi connectivity index (χ4v) is 3.89. The maximum Gasteiger partial charge on any atom is 0.234 e. The lowest BCUT2D eigenvalue weighted by molar-refractivity contribution is -0.130. The average Bonchev–Trinajstić information content (AvgIpc) is 2.89. The molecule has 6 heteroatoms. The molecule has 1 aromatic carbocycles. The zero-order valence-corrected chi connectivity index (χ0v) is 13.8. The van der Waals surface area contributed by atoms with Crippen molar-refractivity contribution in [3.05, 3.63) is 23.8 Å². The fraction of sp³-hybridized carbons (Fsp3) is 0.500. The van der Waals surface area contributed by atoms with Gasteiger partial charge in [0, 0.05) is 7.11 Å². The van der Waals surface area contributed by atoms with Crippen LogP contribution in [0, 0.1) is 12.3 Å². The zero-order valence-electron chi connectivity index (χ0n) is 12.9. The number of rotatable bonds is 4. The van der Waals surface area contributed by atoms with Gasteiger partial charge in [0.25, 0.3) is 0 Å². The minimum Gasteiger partial charge on any atom is -0.384 e. The first-order valence-electron chi connectivity index (χ1n) is 7.51. The number of ether oxygens (including phenoxy) is 1. The van der Waals surface area contributed by atoms with Crippen molar-refractivity contribution in [1.82, 2.24) is 10.3 Å². The second-order valence-corrected chi connectivity index (χ2v) is 6.94. The summed E-state index contributed by atoms with van der Waals surface area (Å²) in [6, 6.07) is 6.12. The molecule has 2 heterocycles. The number of carbonyl (C=O) groups is 1. The van der Waals surface area contributed by atoms with Gasteiger partial charge in [-0.15, -0.1) is 0 Å². The van der Waals surface area contributed by atoms with Crippen molar-refractivity contribution >= 4 is 32.6 Å². The molecule has 1 amide bonds. The number of fused-ring (bicyclic) bond motifs is 1. The highest BCUT2D eigenvalue weighted by molar-refractivity contribution is 7.22. The molecule has 0 spiro atoms. The SMILES string of the molecule is COCC1(C(=O)Nc2nc3ccc(C)cc3s2)CCNCC1. The molecule has 2 N–H and O–H groups in total. The summed E-state index contributed by atoms with van der Waals surface area (Å²) in [6.45, 7) is 4.19. The van der Waals surface area contributed by atoms with Gasteiger partial charge in [0.15, 0.2) is 5.13 Å². The smallest absolute Gasteiger partial charge is 0.234 e. The molecule has 1 saturated heterocycles. The highest BCUT2D eigenvalue weighted by atomic mass is 32.1. The van der Waals surface area contributed by atoms with Gasteiger partial charge in [-0.3, -0.25) is 4.79 Å². The summed E-state index contributed by atoms with van der Waals surface area (Å²) in [5.41, 5.74) is 1.67. The molecule has 0 atom stereocenters. The predicted octanol–water partition coefficient (Wildman–Crippen LogP) is 2.56. The van der Waals surface area contributed by atoms with Crippen molar-refractivity contribution in [2.45, 2.75) is 19.8 Å². The van der Waals surface area contributed by atoms with Crippen LogP contribution in [0.25, 0.3) is 10.2 Å². The third-order valence-electron chi connectivity index (χ3n) is 4.23. The Balaban J connectivity index is 1.81. The van der Waals surface area contributed by atoms with Gasteiger partial charge < -0.3 is 15.4 Å². The predicted molar refractivity (Wildman–Crippen MR) is 89.4 cm³/mol.